The van der Waals surface area contributed by atoms with Gasteiger partial charge in [-0.05, 0) is 48.6 Å². The number of methoxy groups -OCH3 is 1. The van der Waals surface area contributed by atoms with Crippen LogP contribution in [0.3, 0.4) is 0 Å². The van der Waals surface area contributed by atoms with E-state index in [4.69, 9.17) is 13.7 Å². The van der Waals surface area contributed by atoms with Gasteiger partial charge in [-0.15, -0.1) is 0 Å². The average molecular weight is 393 g/mol. The minimum atomic E-state index is 0.682. The van der Waals surface area contributed by atoms with Gasteiger partial charge in [-0.2, -0.15) is 0 Å². The summed E-state index contributed by atoms with van der Waals surface area (Å²) < 4.78 is 17.4. The van der Waals surface area contributed by atoms with E-state index in [0.29, 0.717) is 6.61 Å². The molecule has 0 atom stereocenters. The lowest BCUT2D eigenvalue weighted by Gasteiger charge is -2.10. The minimum absolute atomic E-state index is 0.682. The fraction of sp³-hybridized carbons (Fsp3) is 0.600. The first kappa shape index (κ1) is 19.0. The molecule has 0 saturated heterocycles. The Bertz CT molecular complexity index is 393. The number of hydrogen-bond acceptors (Lipinski definition) is 4. The summed E-state index contributed by atoms with van der Waals surface area (Å²) >= 11 is 5.17. The number of ether oxygens (including phenoxy) is 2. The first-order valence-electron chi connectivity index (χ1n) is 7.42. The standard InChI is InChI=1S/C15H25BrO3SSi/c1-17-7-2-8-18-14-4-5-15(16)13(12-14)6-9-19-20-10-3-11-21/h4-5,12H,2-3,6-11H2,1,21H3. The van der Waals surface area contributed by atoms with E-state index in [1.165, 1.54) is 28.3 Å². The molecule has 1 rings (SSSR count). The summed E-state index contributed by atoms with van der Waals surface area (Å²) in [5.74, 6) is 2.01. The van der Waals surface area contributed by atoms with Gasteiger partial charge < -0.3 is 13.7 Å². The normalized spacial score (nSPS) is 11.0. The Morgan fingerprint density at radius 1 is 1.19 bits per heavy atom. The first-order chi connectivity index (χ1) is 10.3. The van der Waals surface area contributed by atoms with Gasteiger partial charge >= 0.3 is 0 Å². The highest BCUT2D eigenvalue weighted by atomic mass is 79.9. The molecule has 0 heterocycles. The van der Waals surface area contributed by atoms with Crippen LogP contribution in [0, 0.1) is 0 Å². The van der Waals surface area contributed by atoms with Crippen LogP contribution in [-0.2, 0) is 15.3 Å². The summed E-state index contributed by atoms with van der Waals surface area (Å²) in [6.45, 7) is 2.15. The molecule has 0 aliphatic rings. The molecule has 6 heteroatoms. The second kappa shape index (κ2) is 12.5. The predicted molar refractivity (Wildman–Crippen MR) is 97.6 cm³/mol. The van der Waals surface area contributed by atoms with Crippen molar-refractivity contribution < 1.29 is 13.7 Å². The van der Waals surface area contributed by atoms with Gasteiger partial charge in [0.2, 0.25) is 0 Å². The van der Waals surface area contributed by atoms with Crippen molar-refractivity contribution in [2.75, 3.05) is 32.7 Å². The maximum Gasteiger partial charge on any atom is 0.119 e. The maximum absolute atomic E-state index is 5.72. The van der Waals surface area contributed by atoms with E-state index in [-0.39, 0.29) is 0 Å². The van der Waals surface area contributed by atoms with Crippen molar-refractivity contribution in [3.63, 3.8) is 0 Å². The van der Waals surface area contributed by atoms with Gasteiger partial charge in [0.05, 0.1) is 13.2 Å². The average Bonchev–Trinajstić information content (AvgIpc) is 2.50. The Hall–Kier alpha value is -0.0131. The first-order valence-corrected chi connectivity index (χ1v) is 10.5. The van der Waals surface area contributed by atoms with Crippen LogP contribution in [0.1, 0.15) is 18.4 Å². The summed E-state index contributed by atoms with van der Waals surface area (Å²) in [6.07, 6.45) is 3.07. The fourth-order valence-electron chi connectivity index (χ4n) is 1.70. The van der Waals surface area contributed by atoms with Gasteiger partial charge in [0.15, 0.2) is 0 Å². The van der Waals surface area contributed by atoms with E-state index in [0.717, 1.165) is 42.0 Å². The van der Waals surface area contributed by atoms with Crippen molar-refractivity contribution in [1.82, 2.24) is 0 Å². The molecular weight excluding hydrogens is 368 g/mol. The third-order valence-electron chi connectivity index (χ3n) is 2.90. The van der Waals surface area contributed by atoms with Gasteiger partial charge in [0.1, 0.15) is 5.75 Å². The Labute approximate surface area is 143 Å². The third-order valence-corrected chi connectivity index (χ3v) is 5.17. The molecule has 0 unspecified atom stereocenters. The van der Waals surface area contributed by atoms with Gasteiger partial charge in [-0.25, -0.2) is 0 Å². The minimum Gasteiger partial charge on any atom is -0.493 e. The number of rotatable bonds is 12. The van der Waals surface area contributed by atoms with E-state index in [2.05, 4.69) is 22.0 Å². The molecule has 0 aliphatic heterocycles. The zero-order valence-electron chi connectivity index (χ0n) is 12.9. The Balaban J connectivity index is 2.31. The quantitative estimate of drug-likeness (QED) is 0.310. The molecule has 0 amide bonds. The van der Waals surface area contributed by atoms with Crippen molar-refractivity contribution in [3.05, 3.63) is 28.2 Å². The summed E-state index contributed by atoms with van der Waals surface area (Å²) in [6, 6.07) is 7.46. The van der Waals surface area contributed by atoms with Gasteiger partial charge in [0.25, 0.3) is 0 Å². The Morgan fingerprint density at radius 3 is 2.81 bits per heavy atom. The second-order valence-corrected chi connectivity index (χ2v) is 7.43. The predicted octanol–water partition coefficient (Wildman–Crippen LogP) is 3.25. The highest BCUT2D eigenvalue weighted by Crippen LogP contribution is 2.23. The third kappa shape index (κ3) is 8.88. The molecule has 0 bridgehead atoms. The molecule has 120 valence electrons. The van der Waals surface area contributed by atoms with Crippen LogP contribution in [0.15, 0.2) is 22.7 Å². The SMILES string of the molecule is COCCCOc1ccc(Br)c(CCOSCCC[SiH3])c1. The second-order valence-electron chi connectivity index (χ2n) is 4.70. The van der Waals surface area contributed by atoms with Crippen LogP contribution in [-0.4, -0.2) is 42.9 Å². The molecule has 3 nitrogen and oxygen atoms in total. The molecule has 0 aromatic heterocycles. The van der Waals surface area contributed by atoms with Crippen LogP contribution in [0.2, 0.25) is 6.04 Å². The molecule has 0 spiro atoms. The molecule has 1 aromatic carbocycles. The number of hydrogen-bond donors (Lipinski definition) is 0. The largest absolute Gasteiger partial charge is 0.493 e. The maximum atomic E-state index is 5.72. The highest BCUT2D eigenvalue weighted by Gasteiger charge is 2.03. The Kier molecular flexibility index (Phi) is 11.4. The Morgan fingerprint density at radius 2 is 2.05 bits per heavy atom. The van der Waals surface area contributed by atoms with E-state index < -0.39 is 0 Å². The van der Waals surface area contributed by atoms with Crippen LogP contribution < -0.4 is 4.74 Å². The van der Waals surface area contributed by atoms with Crippen LogP contribution in [0.5, 0.6) is 5.75 Å². The molecular formula is C15H25BrO3SSi. The lowest BCUT2D eigenvalue weighted by molar-refractivity contribution is 0.172. The van der Waals surface area contributed by atoms with Crippen molar-refractivity contribution >= 4 is 38.2 Å². The van der Waals surface area contributed by atoms with Gasteiger partial charge in [0, 0.05) is 40.6 Å². The van der Waals surface area contributed by atoms with Gasteiger partial charge in [-0.3, -0.25) is 0 Å². The molecule has 1 aromatic rings. The zero-order valence-corrected chi connectivity index (χ0v) is 17.3. The molecule has 0 radical (unpaired) electrons. The monoisotopic (exact) mass is 392 g/mol. The summed E-state index contributed by atoms with van der Waals surface area (Å²) in [5, 5.41) is 0. The van der Waals surface area contributed by atoms with Crippen molar-refractivity contribution in [3.8, 4) is 5.75 Å². The smallest absolute Gasteiger partial charge is 0.119 e. The zero-order chi connectivity index (χ0) is 15.3. The topological polar surface area (TPSA) is 27.7 Å². The van der Waals surface area contributed by atoms with Crippen molar-refractivity contribution in [1.29, 1.82) is 0 Å². The molecule has 0 saturated carbocycles. The van der Waals surface area contributed by atoms with Gasteiger partial charge in [-0.1, -0.05) is 22.0 Å². The molecule has 0 aliphatic carbocycles. The number of benzene rings is 1. The van der Waals surface area contributed by atoms with E-state index in [1.54, 1.807) is 19.2 Å². The van der Waals surface area contributed by atoms with Crippen LogP contribution in [0.25, 0.3) is 0 Å². The lowest BCUT2D eigenvalue weighted by atomic mass is 10.1. The van der Waals surface area contributed by atoms with E-state index >= 15 is 0 Å². The molecule has 0 fully saturated rings. The highest BCUT2D eigenvalue weighted by molar-refractivity contribution is 9.10. The molecule has 21 heavy (non-hydrogen) atoms. The van der Waals surface area contributed by atoms with E-state index in [9.17, 15) is 0 Å². The van der Waals surface area contributed by atoms with Crippen LogP contribution in [0.4, 0.5) is 0 Å². The van der Waals surface area contributed by atoms with E-state index in [1.807, 2.05) is 12.1 Å². The van der Waals surface area contributed by atoms with Crippen molar-refractivity contribution in [2.24, 2.45) is 0 Å². The van der Waals surface area contributed by atoms with Crippen LogP contribution >= 0.6 is 28.0 Å². The van der Waals surface area contributed by atoms with Crippen molar-refractivity contribution in [2.45, 2.75) is 25.3 Å². The summed E-state index contributed by atoms with van der Waals surface area (Å²) in [4.78, 5) is 0. The summed E-state index contributed by atoms with van der Waals surface area (Å²) in [7, 11) is 3.00. The lowest BCUT2D eigenvalue weighted by Crippen LogP contribution is -2.02. The fourth-order valence-corrected chi connectivity index (χ4v) is 3.73. The molecule has 0 N–H and O–H groups in total. The number of halogens is 1. The summed E-state index contributed by atoms with van der Waals surface area (Å²) in [5.41, 5.74) is 1.22.